The average Bonchev–Trinajstić information content (AvgIpc) is 2.48. The molecule has 0 spiro atoms. The Morgan fingerprint density at radius 1 is 1.19 bits per heavy atom. The lowest BCUT2D eigenvalue weighted by molar-refractivity contribution is 0.0654. The SMILES string of the molecule is O[C@@H]1CC(c2cccc(C(F)F)c2)Oc2ccc(Br)cc21. The van der Waals surface area contributed by atoms with Gasteiger partial charge in [0.1, 0.15) is 11.9 Å². The number of hydrogen-bond acceptors (Lipinski definition) is 2. The summed E-state index contributed by atoms with van der Waals surface area (Å²) in [7, 11) is 0. The molecule has 2 atom stereocenters. The Kier molecular flexibility index (Phi) is 3.95. The van der Waals surface area contributed by atoms with Crippen LogP contribution < -0.4 is 4.74 Å². The van der Waals surface area contributed by atoms with E-state index in [-0.39, 0.29) is 5.56 Å². The van der Waals surface area contributed by atoms with Gasteiger partial charge in [-0.3, -0.25) is 0 Å². The van der Waals surface area contributed by atoms with E-state index in [0.29, 0.717) is 23.3 Å². The quantitative estimate of drug-likeness (QED) is 0.827. The third kappa shape index (κ3) is 2.94. The van der Waals surface area contributed by atoms with E-state index in [1.165, 1.54) is 12.1 Å². The standard InChI is InChI=1S/C16H13BrF2O2/c17-11-4-5-14-12(7-11)13(20)8-15(21-14)9-2-1-3-10(6-9)16(18)19/h1-7,13,15-16,20H,8H2/t13-,15?/m1/s1. The number of aliphatic hydroxyl groups is 1. The Balaban J connectivity index is 1.92. The highest BCUT2D eigenvalue weighted by Crippen LogP contribution is 2.42. The summed E-state index contributed by atoms with van der Waals surface area (Å²) in [5, 5.41) is 10.2. The highest BCUT2D eigenvalue weighted by molar-refractivity contribution is 9.10. The van der Waals surface area contributed by atoms with Gasteiger partial charge in [-0.05, 0) is 29.8 Å². The molecular weight excluding hydrogens is 342 g/mol. The maximum absolute atomic E-state index is 12.8. The smallest absolute Gasteiger partial charge is 0.263 e. The molecule has 2 aromatic rings. The molecule has 0 amide bonds. The zero-order valence-electron chi connectivity index (χ0n) is 11.0. The minimum absolute atomic E-state index is 0.0350. The molecular formula is C16H13BrF2O2. The maximum Gasteiger partial charge on any atom is 0.263 e. The van der Waals surface area contributed by atoms with Crippen molar-refractivity contribution in [2.24, 2.45) is 0 Å². The van der Waals surface area contributed by atoms with Gasteiger partial charge in [0.15, 0.2) is 0 Å². The number of rotatable bonds is 2. The highest BCUT2D eigenvalue weighted by Gasteiger charge is 2.28. The van der Waals surface area contributed by atoms with E-state index in [2.05, 4.69) is 15.9 Å². The molecule has 1 unspecified atom stereocenters. The Labute approximate surface area is 129 Å². The summed E-state index contributed by atoms with van der Waals surface area (Å²) < 4.78 is 32.3. The molecule has 1 heterocycles. The van der Waals surface area contributed by atoms with Crippen molar-refractivity contribution in [3.05, 3.63) is 63.6 Å². The van der Waals surface area contributed by atoms with Crippen LogP contribution in [0.2, 0.25) is 0 Å². The fourth-order valence-electron chi connectivity index (χ4n) is 2.52. The molecule has 0 saturated heterocycles. The van der Waals surface area contributed by atoms with Crippen molar-refractivity contribution in [1.82, 2.24) is 0 Å². The van der Waals surface area contributed by atoms with Crippen molar-refractivity contribution in [2.75, 3.05) is 0 Å². The average molecular weight is 355 g/mol. The van der Waals surface area contributed by atoms with E-state index in [9.17, 15) is 13.9 Å². The van der Waals surface area contributed by atoms with Crippen LogP contribution in [0.5, 0.6) is 5.75 Å². The predicted molar refractivity (Wildman–Crippen MR) is 78.5 cm³/mol. The van der Waals surface area contributed by atoms with Gasteiger partial charge in [0, 0.05) is 22.0 Å². The Bertz CT molecular complexity index is 660. The summed E-state index contributed by atoms with van der Waals surface area (Å²) in [6, 6.07) is 11.6. The summed E-state index contributed by atoms with van der Waals surface area (Å²) in [6.07, 6.45) is -3.27. The molecule has 2 nitrogen and oxygen atoms in total. The second-order valence-corrected chi connectivity index (χ2v) is 5.93. The normalized spacial score (nSPS) is 21.0. The summed E-state index contributed by atoms with van der Waals surface area (Å²) in [4.78, 5) is 0. The van der Waals surface area contributed by atoms with Gasteiger partial charge < -0.3 is 9.84 Å². The highest BCUT2D eigenvalue weighted by atomic mass is 79.9. The van der Waals surface area contributed by atoms with Crippen molar-refractivity contribution in [1.29, 1.82) is 0 Å². The number of aliphatic hydroxyl groups excluding tert-OH is 1. The molecule has 0 radical (unpaired) electrons. The van der Waals surface area contributed by atoms with Crippen molar-refractivity contribution in [3.8, 4) is 5.75 Å². The van der Waals surface area contributed by atoms with Crippen molar-refractivity contribution in [2.45, 2.75) is 25.1 Å². The van der Waals surface area contributed by atoms with E-state index in [0.717, 1.165) is 4.47 Å². The van der Waals surface area contributed by atoms with Gasteiger partial charge in [0.2, 0.25) is 0 Å². The van der Waals surface area contributed by atoms with Crippen molar-refractivity contribution in [3.63, 3.8) is 0 Å². The zero-order valence-corrected chi connectivity index (χ0v) is 12.6. The van der Waals surface area contributed by atoms with Crippen LogP contribution in [0.3, 0.4) is 0 Å². The zero-order chi connectivity index (χ0) is 15.0. The molecule has 3 rings (SSSR count). The van der Waals surface area contributed by atoms with E-state index in [4.69, 9.17) is 4.74 Å². The molecule has 2 aromatic carbocycles. The molecule has 0 bridgehead atoms. The van der Waals surface area contributed by atoms with Crippen LogP contribution in [-0.2, 0) is 0 Å². The largest absolute Gasteiger partial charge is 0.485 e. The van der Waals surface area contributed by atoms with Crippen molar-refractivity contribution < 1.29 is 18.6 Å². The lowest BCUT2D eigenvalue weighted by Gasteiger charge is -2.30. The fourth-order valence-corrected chi connectivity index (χ4v) is 2.90. The molecule has 1 aliphatic rings. The molecule has 110 valence electrons. The summed E-state index contributed by atoms with van der Waals surface area (Å²) >= 11 is 3.35. The topological polar surface area (TPSA) is 29.5 Å². The Morgan fingerprint density at radius 2 is 2.00 bits per heavy atom. The minimum Gasteiger partial charge on any atom is -0.485 e. The third-order valence-corrected chi connectivity index (χ3v) is 4.07. The second-order valence-electron chi connectivity index (χ2n) is 5.01. The van der Waals surface area contributed by atoms with Crippen LogP contribution in [0.25, 0.3) is 0 Å². The first-order valence-corrected chi connectivity index (χ1v) is 7.36. The maximum atomic E-state index is 12.8. The van der Waals surface area contributed by atoms with E-state index >= 15 is 0 Å². The predicted octanol–water partition coefficient (Wildman–Crippen LogP) is 4.94. The van der Waals surface area contributed by atoms with Gasteiger partial charge >= 0.3 is 0 Å². The van der Waals surface area contributed by atoms with Gasteiger partial charge in [-0.25, -0.2) is 8.78 Å². The summed E-state index contributed by atoms with van der Waals surface area (Å²) in [5.74, 6) is 0.587. The van der Waals surface area contributed by atoms with Gasteiger partial charge in [0.25, 0.3) is 6.43 Å². The van der Waals surface area contributed by atoms with Crippen molar-refractivity contribution >= 4 is 15.9 Å². The molecule has 1 aliphatic heterocycles. The molecule has 0 aromatic heterocycles. The fraction of sp³-hybridized carbons (Fsp3) is 0.250. The molecule has 21 heavy (non-hydrogen) atoms. The first-order valence-electron chi connectivity index (χ1n) is 6.57. The first-order chi connectivity index (χ1) is 10.0. The lowest BCUT2D eigenvalue weighted by atomic mass is 9.94. The van der Waals surface area contributed by atoms with Gasteiger partial charge in [-0.15, -0.1) is 0 Å². The summed E-state index contributed by atoms with van der Waals surface area (Å²) in [6.45, 7) is 0. The first kappa shape index (κ1) is 14.5. The van der Waals surface area contributed by atoms with E-state index in [1.54, 1.807) is 18.2 Å². The van der Waals surface area contributed by atoms with Gasteiger partial charge in [0.05, 0.1) is 6.10 Å². The molecule has 0 saturated carbocycles. The Hall–Kier alpha value is -1.46. The van der Waals surface area contributed by atoms with Gasteiger partial charge in [-0.2, -0.15) is 0 Å². The van der Waals surface area contributed by atoms with E-state index in [1.807, 2.05) is 12.1 Å². The number of fused-ring (bicyclic) bond motifs is 1. The number of alkyl halides is 2. The summed E-state index contributed by atoms with van der Waals surface area (Å²) in [5.41, 5.74) is 1.33. The number of halogens is 3. The van der Waals surface area contributed by atoms with Crippen LogP contribution in [-0.4, -0.2) is 5.11 Å². The molecule has 1 N–H and O–H groups in total. The van der Waals surface area contributed by atoms with Crippen LogP contribution in [0, 0.1) is 0 Å². The molecule has 5 heteroatoms. The van der Waals surface area contributed by atoms with Crippen LogP contribution >= 0.6 is 15.9 Å². The Morgan fingerprint density at radius 3 is 2.76 bits per heavy atom. The number of ether oxygens (including phenoxy) is 1. The monoisotopic (exact) mass is 354 g/mol. The van der Waals surface area contributed by atoms with Crippen LogP contribution in [0.15, 0.2) is 46.9 Å². The number of benzene rings is 2. The lowest BCUT2D eigenvalue weighted by Crippen LogP contribution is -2.19. The number of hydrogen-bond donors (Lipinski definition) is 1. The minimum atomic E-state index is -2.51. The third-order valence-electron chi connectivity index (χ3n) is 3.57. The van der Waals surface area contributed by atoms with E-state index < -0.39 is 18.6 Å². The van der Waals surface area contributed by atoms with Gasteiger partial charge in [-0.1, -0.05) is 34.1 Å². The molecule has 0 fully saturated rings. The van der Waals surface area contributed by atoms with Crippen LogP contribution in [0.4, 0.5) is 8.78 Å². The second kappa shape index (κ2) is 5.73. The molecule has 0 aliphatic carbocycles. The van der Waals surface area contributed by atoms with Crippen LogP contribution in [0.1, 0.15) is 41.7 Å².